The molecule has 1 amide bonds. The van der Waals surface area contributed by atoms with Crippen LogP contribution >= 0.6 is 0 Å². The van der Waals surface area contributed by atoms with Crippen LogP contribution in [0.3, 0.4) is 0 Å². The summed E-state index contributed by atoms with van der Waals surface area (Å²) in [5.41, 5.74) is 4.02. The smallest absolute Gasteiger partial charge is 0.251 e. The number of aliphatic hydroxyl groups excluding tert-OH is 1. The second kappa shape index (κ2) is 6.72. The number of fused-ring (bicyclic) bond motifs is 4. The molecule has 0 unspecified atom stereocenters. The number of pyridine rings is 1. The summed E-state index contributed by atoms with van der Waals surface area (Å²) in [4.78, 5) is 26.6. The fraction of sp³-hybridized carbons (Fsp3) is 0.429. The van der Waals surface area contributed by atoms with E-state index in [1.807, 2.05) is 33.7 Å². The highest BCUT2D eigenvalue weighted by atomic mass is 16.3. The van der Waals surface area contributed by atoms with Crippen molar-refractivity contribution in [2.45, 2.75) is 32.2 Å². The summed E-state index contributed by atoms with van der Waals surface area (Å²) in [5.74, 6) is 0.680. The van der Waals surface area contributed by atoms with Gasteiger partial charge < -0.3 is 14.6 Å². The van der Waals surface area contributed by atoms with Crippen molar-refractivity contribution >= 4 is 5.91 Å². The first-order chi connectivity index (χ1) is 12.6. The van der Waals surface area contributed by atoms with Gasteiger partial charge in [-0.2, -0.15) is 0 Å². The Labute approximate surface area is 152 Å². The Morgan fingerprint density at radius 3 is 2.77 bits per heavy atom. The van der Waals surface area contributed by atoms with Crippen LogP contribution in [0.25, 0.3) is 11.1 Å². The van der Waals surface area contributed by atoms with Crippen LogP contribution in [0, 0.1) is 5.92 Å². The van der Waals surface area contributed by atoms with Crippen LogP contribution < -0.4 is 5.56 Å². The molecule has 4 rings (SSSR count). The van der Waals surface area contributed by atoms with Crippen LogP contribution in [0.2, 0.25) is 0 Å². The minimum atomic E-state index is 0.0299. The van der Waals surface area contributed by atoms with Crippen LogP contribution in [0.5, 0.6) is 0 Å². The van der Waals surface area contributed by atoms with E-state index in [4.69, 9.17) is 0 Å². The Hall–Kier alpha value is -2.40. The summed E-state index contributed by atoms with van der Waals surface area (Å²) in [6.45, 7) is 3.83. The van der Waals surface area contributed by atoms with Crippen molar-refractivity contribution in [1.82, 2.24) is 9.47 Å². The zero-order chi connectivity index (χ0) is 18.3. The van der Waals surface area contributed by atoms with Gasteiger partial charge in [-0.25, -0.2) is 0 Å². The highest BCUT2D eigenvalue weighted by Crippen LogP contribution is 2.37. The summed E-state index contributed by atoms with van der Waals surface area (Å²) < 4.78 is 1.90. The van der Waals surface area contributed by atoms with E-state index in [2.05, 4.69) is 6.07 Å². The minimum absolute atomic E-state index is 0.0299. The van der Waals surface area contributed by atoms with E-state index >= 15 is 0 Å². The average Bonchev–Trinajstić information content (AvgIpc) is 2.63. The predicted octanol–water partition coefficient (Wildman–Crippen LogP) is 2.02. The summed E-state index contributed by atoms with van der Waals surface area (Å²) in [7, 11) is 0. The highest BCUT2D eigenvalue weighted by Gasteiger charge is 2.35. The van der Waals surface area contributed by atoms with Gasteiger partial charge in [0.25, 0.3) is 5.56 Å². The van der Waals surface area contributed by atoms with Crippen molar-refractivity contribution in [3.05, 3.63) is 58.0 Å². The van der Waals surface area contributed by atoms with Gasteiger partial charge in [0, 0.05) is 50.8 Å². The molecule has 0 radical (unpaired) electrons. The number of hydrogen-bond acceptors (Lipinski definition) is 3. The molecule has 26 heavy (non-hydrogen) atoms. The summed E-state index contributed by atoms with van der Waals surface area (Å²) >= 11 is 0. The maximum atomic E-state index is 12.8. The number of likely N-dealkylation sites (tertiary alicyclic amines) is 1. The number of hydrogen-bond donors (Lipinski definition) is 1. The molecular weight excluding hydrogens is 328 g/mol. The van der Waals surface area contributed by atoms with Crippen LogP contribution in [-0.4, -0.2) is 40.2 Å². The number of amides is 1. The van der Waals surface area contributed by atoms with Gasteiger partial charge in [0.05, 0.1) is 0 Å². The first kappa shape index (κ1) is 17.0. The van der Waals surface area contributed by atoms with Crippen molar-refractivity contribution in [2.75, 3.05) is 19.7 Å². The molecule has 1 aromatic heterocycles. The second-order valence-corrected chi connectivity index (χ2v) is 7.47. The molecule has 5 nitrogen and oxygen atoms in total. The zero-order valence-corrected chi connectivity index (χ0v) is 15.0. The monoisotopic (exact) mass is 352 g/mol. The molecule has 1 aromatic carbocycles. The molecule has 0 aliphatic carbocycles. The molecular formula is C21H24N2O3. The molecule has 2 bridgehead atoms. The summed E-state index contributed by atoms with van der Waals surface area (Å²) in [6.07, 6.45) is 1.60. The normalized spacial score (nSPS) is 21.4. The predicted molar refractivity (Wildman–Crippen MR) is 100 cm³/mol. The van der Waals surface area contributed by atoms with Gasteiger partial charge in [-0.1, -0.05) is 24.3 Å². The Morgan fingerprint density at radius 1 is 1.19 bits per heavy atom. The van der Waals surface area contributed by atoms with Crippen LogP contribution in [-0.2, 0) is 17.8 Å². The van der Waals surface area contributed by atoms with Gasteiger partial charge >= 0.3 is 0 Å². The zero-order valence-electron chi connectivity index (χ0n) is 15.0. The Bertz CT molecular complexity index is 902. The fourth-order valence-electron chi connectivity index (χ4n) is 4.51. The molecule has 2 aliphatic rings. The maximum absolute atomic E-state index is 12.8. The van der Waals surface area contributed by atoms with Gasteiger partial charge in [-0.15, -0.1) is 0 Å². The maximum Gasteiger partial charge on any atom is 0.251 e. The number of aromatic nitrogens is 1. The standard InChI is InChI=1S/C21H24N2O3/c1-14(25)22-11-15-8-18(13-22)20-9-17(10-21(26)23(20)12-15)19-5-3-2-4-16(19)6-7-24/h2-5,9-10,15,18,24H,6-8,11-13H2,1H3/t15-,18+/m0/s1. The van der Waals surface area contributed by atoms with E-state index in [0.717, 1.165) is 35.3 Å². The number of aliphatic hydroxyl groups is 1. The van der Waals surface area contributed by atoms with Crippen LogP contribution in [0.4, 0.5) is 0 Å². The summed E-state index contributed by atoms with van der Waals surface area (Å²) in [5, 5.41) is 9.33. The number of rotatable bonds is 3. The van der Waals surface area contributed by atoms with E-state index in [9.17, 15) is 14.7 Å². The van der Waals surface area contributed by atoms with Crippen molar-refractivity contribution in [3.63, 3.8) is 0 Å². The molecule has 5 heteroatoms. The van der Waals surface area contributed by atoms with Crippen molar-refractivity contribution in [1.29, 1.82) is 0 Å². The molecule has 136 valence electrons. The highest BCUT2D eigenvalue weighted by molar-refractivity contribution is 5.73. The quantitative estimate of drug-likeness (QED) is 0.919. The third-order valence-electron chi connectivity index (χ3n) is 5.71. The van der Waals surface area contributed by atoms with Gasteiger partial charge in [-0.05, 0) is 41.5 Å². The lowest BCUT2D eigenvalue weighted by molar-refractivity contribution is -0.131. The molecule has 3 heterocycles. The number of carbonyl (C=O) groups excluding carboxylic acids is 1. The lowest BCUT2D eigenvalue weighted by Gasteiger charge is -2.42. The van der Waals surface area contributed by atoms with Crippen molar-refractivity contribution in [2.24, 2.45) is 5.92 Å². The van der Waals surface area contributed by atoms with Gasteiger partial charge in [0.2, 0.25) is 5.91 Å². The van der Waals surface area contributed by atoms with E-state index < -0.39 is 0 Å². The first-order valence-electron chi connectivity index (χ1n) is 9.26. The molecule has 1 N–H and O–H groups in total. The second-order valence-electron chi connectivity index (χ2n) is 7.47. The van der Waals surface area contributed by atoms with Crippen LogP contribution in [0.1, 0.15) is 30.5 Å². The number of carbonyl (C=O) groups is 1. The number of piperidine rings is 1. The fourth-order valence-corrected chi connectivity index (χ4v) is 4.51. The first-order valence-corrected chi connectivity index (χ1v) is 9.26. The van der Waals surface area contributed by atoms with Gasteiger partial charge in [-0.3, -0.25) is 9.59 Å². The lowest BCUT2D eigenvalue weighted by Crippen LogP contribution is -2.48. The van der Waals surface area contributed by atoms with Crippen molar-refractivity contribution in [3.8, 4) is 11.1 Å². The van der Waals surface area contributed by atoms with Crippen molar-refractivity contribution < 1.29 is 9.90 Å². The molecule has 0 spiro atoms. The van der Waals surface area contributed by atoms with Crippen LogP contribution in [0.15, 0.2) is 41.2 Å². The van der Waals surface area contributed by atoms with E-state index in [1.54, 1.807) is 13.0 Å². The topological polar surface area (TPSA) is 62.5 Å². The third kappa shape index (κ3) is 2.97. The average molecular weight is 352 g/mol. The molecule has 1 saturated heterocycles. The Morgan fingerprint density at radius 2 is 2.00 bits per heavy atom. The largest absolute Gasteiger partial charge is 0.396 e. The van der Waals surface area contributed by atoms with Gasteiger partial charge in [0.15, 0.2) is 0 Å². The molecule has 1 fully saturated rings. The number of nitrogens with zero attached hydrogens (tertiary/aromatic N) is 2. The third-order valence-corrected chi connectivity index (χ3v) is 5.71. The molecule has 2 atom stereocenters. The summed E-state index contributed by atoms with van der Waals surface area (Å²) in [6, 6.07) is 11.7. The Kier molecular flexibility index (Phi) is 4.41. The van der Waals surface area contributed by atoms with E-state index in [-0.39, 0.29) is 24.0 Å². The Balaban J connectivity index is 1.79. The lowest BCUT2D eigenvalue weighted by atomic mass is 9.82. The van der Waals surface area contributed by atoms with Gasteiger partial charge in [0.1, 0.15) is 0 Å². The molecule has 2 aromatic rings. The van der Waals surface area contributed by atoms with E-state index in [1.165, 1.54) is 0 Å². The van der Waals surface area contributed by atoms with E-state index in [0.29, 0.717) is 25.4 Å². The molecule has 2 aliphatic heterocycles. The number of benzene rings is 1. The SMILES string of the molecule is CC(=O)N1C[C@@H]2C[C@H](C1)c1cc(-c3ccccc3CCO)cc(=O)n1C2. The molecule has 0 saturated carbocycles. The minimum Gasteiger partial charge on any atom is -0.396 e.